The summed E-state index contributed by atoms with van der Waals surface area (Å²) in [6, 6.07) is 13.4. The molecule has 0 aliphatic carbocycles. The number of nitrogens with zero attached hydrogens (tertiary/aromatic N) is 2. The van der Waals surface area contributed by atoms with Gasteiger partial charge in [0.2, 0.25) is 5.91 Å². The molecule has 1 heterocycles. The van der Waals surface area contributed by atoms with Crippen molar-refractivity contribution in [2.45, 2.75) is 51.6 Å². The normalized spacial score (nSPS) is 10.9. The van der Waals surface area contributed by atoms with Crippen molar-refractivity contribution in [3.05, 3.63) is 80.0 Å². The van der Waals surface area contributed by atoms with Crippen LogP contribution in [0.2, 0.25) is 0 Å². The number of ether oxygens (including phenoxy) is 1. The minimum Gasteiger partial charge on any atom is -0.496 e. The molecule has 0 bridgehead atoms. The van der Waals surface area contributed by atoms with Crippen LogP contribution in [0.5, 0.6) is 5.75 Å². The van der Waals surface area contributed by atoms with E-state index in [9.17, 15) is 14.4 Å². The molecule has 3 rings (SSSR count). The third-order valence-corrected chi connectivity index (χ3v) is 6.88. The van der Waals surface area contributed by atoms with Gasteiger partial charge in [0.25, 0.3) is 5.56 Å². The number of rotatable bonds is 10. The molecule has 3 N–H and O–H groups in total. The van der Waals surface area contributed by atoms with Crippen LogP contribution in [0, 0.1) is 13.8 Å². The Morgan fingerprint density at radius 1 is 1.17 bits per heavy atom. The summed E-state index contributed by atoms with van der Waals surface area (Å²) in [5, 5.41) is 0. The Hall–Kier alpha value is -3.46. The second kappa shape index (κ2) is 11.8. The Kier molecular flexibility index (Phi) is 8.81. The number of para-hydroxylation sites is 1. The smallest absolute Gasteiger partial charge is 0.330 e. The number of carbonyl (C=O) groups is 1. The lowest BCUT2D eigenvalue weighted by Crippen LogP contribution is -2.41. The molecule has 0 spiro atoms. The van der Waals surface area contributed by atoms with Gasteiger partial charge in [-0.15, -0.1) is 11.8 Å². The molecule has 0 saturated heterocycles. The van der Waals surface area contributed by atoms with Gasteiger partial charge in [-0.2, -0.15) is 0 Å². The van der Waals surface area contributed by atoms with E-state index in [0.29, 0.717) is 24.3 Å². The highest BCUT2D eigenvalue weighted by Crippen LogP contribution is 2.28. The summed E-state index contributed by atoms with van der Waals surface area (Å²) in [4.78, 5) is 43.7. The largest absolute Gasteiger partial charge is 0.496 e. The van der Waals surface area contributed by atoms with Crippen molar-refractivity contribution in [2.75, 3.05) is 23.5 Å². The summed E-state index contributed by atoms with van der Waals surface area (Å²) in [5.74, 6) is 0.348. The predicted octanol–water partition coefficient (Wildman–Crippen LogP) is 3.87. The number of unbranched alkanes of at least 4 members (excludes halogenated alkanes) is 1. The first-order valence-corrected chi connectivity index (χ1v) is 12.5. The summed E-state index contributed by atoms with van der Waals surface area (Å²) < 4.78 is 6.78. The lowest BCUT2D eigenvalue weighted by molar-refractivity contribution is -0.116. The van der Waals surface area contributed by atoms with Gasteiger partial charge in [-0.05, 0) is 38.0 Å². The topological polar surface area (TPSA) is 110 Å². The zero-order chi connectivity index (χ0) is 25.5. The second-order valence-electron chi connectivity index (χ2n) is 8.35. The number of amides is 1. The van der Waals surface area contributed by atoms with Gasteiger partial charge in [0.1, 0.15) is 11.6 Å². The highest BCUT2D eigenvalue weighted by molar-refractivity contribution is 8.00. The first kappa shape index (κ1) is 26.2. The number of hydrogen-bond acceptors (Lipinski definition) is 6. The lowest BCUT2D eigenvalue weighted by atomic mass is 10.1. The van der Waals surface area contributed by atoms with E-state index in [0.717, 1.165) is 22.4 Å². The predicted molar refractivity (Wildman–Crippen MR) is 141 cm³/mol. The van der Waals surface area contributed by atoms with E-state index in [2.05, 4.69) is 4.98 Å². The van der Waals surface area contributed by atoms with Crippen LogP contribution in [0.1, 0.15) is 36.5 Å². The summed E-state index contributed by atoms with van der Waals surface area (Å²) in [5.41, 5.74) is 7.92. The summed E-state index contributed by atoms with van der Waals surface area (Å²) >= 11 is 1.40. The van der Waals surface area contributed by atoms with Gasteiger partial charge < -0.3 is 10.5 Å². The number of aromatic nitrogens is 2. The van der Waals surface area contributed by atoms with Crippen molar-refractivity contribution >= 4 is 29.2 Å². The zero-order valence-corrected chi connectivity index (χ0v) is 21.4. The Labute approximate surface area is 209 Å². The van der Waals surface area contributed by atoms with Gasteiger partial charge in [0.15, 0.2) is 5.69 Å². The molecule has 0 radical (unpaired) electrons. The molecule has 0 aliphatic rings. The number of carbonyl (C=O) groups excluding carboxylic acids is 1. The number of hydrogen-bond donors (Lipinski definition) is 2. The van der Waals surface area contributed by atoms with E-state index in [1.165, 1.54) is 21.2 Å². The van der Waals surface area contributed by atoms with E-state index in [4.69, 9.17) is 10.5 Å². The summed E-state index contributed by atoms with van der Waals surface area (Å²) in [7, 11) is 1.55. The molecule has 1 aromatic heterocycles. The molecular formula is C26H32N4O4S. The van der Waals surface area contributed by atoms with E-state index < -0.39 is 11.2 Å². The van der Waals surface area contributed by atoms with Crippen LogP contribution in [0.15, 0.2) is 56.9 Å². The maximum atomic E-state index is 13.6. The maximum Gasteiger partial charge on any atom is 0.330 e. The number of benzene rings is 2. The molecule has 0 aliphatic heterocycles. The number of aromatic amines is 1. The van der Waals surface area contributed by atoms with Crippen LogP contribution in [-0.4, -0.2) is 28.3 Å². The maximum absolute atomic E-state index is 13.6. The molecule has 0 saturated carbocycles. The number of nitrogens with two attached hydrogens (primary N) is 1. The number of H-pyrrole nitrogens is 1. The number of nitrogen functional groups attached to an aromatic ring is 1. The monoisotopic (exact) mass is 496 g/mol. The van der Waals surface area contributed by atoms with E-state index in [1.54, 1.807) is 13.2 Å². The molecule has 8 nitrogen and oxygen atoms in total. The van der Waals surface area contributed by atoms with Crippen molar-refractivity contribution in [1.29, 1.82) is 0 Å². The van der Waals surface area contributed by atoms with Gasteiger partial charge in [-0.3, -0.25) is 24.0 Å². The van der Waals surface area contributed by atoms with Crippen LogP contribution < -0.4 is 26.6 Å². The third kappa shape index (κ3) is 6.16. The Balaban J connectivity index is 2.05. The first-order chi connectivity index (χ1) is 16.8. The van der Waals surface area contributed by atoms with E-state index in [-0.39, 0.29) is 29.7 Å². The average Bonchev–Trinajstić information content (AvgIpc) is 2.83. The molecule has 9 heteroatoms. The van der Waals surface area contributed by atoms with Crippen molar-refractivity contribution in [1.82, 2.24) is 9.55 Å². The zero-order valence-electron chi connectivity index (χ0n) is 20.6. The number of aryl methyl sites for hydroxylation is 2. The summed E-state index contributed by atoms with van der Waals surface area (Å²) in [6.07, 6.45) is 1.55. The quantitative estimate of drug-likeness (QED) is 0.412. The van der Waals surface area contributed by atoms with Gasteiger partial charge in [-0.1, -0.05) is 49.2 Å². The van der Waals surface area contributed by atoms with Crippen LogP contribution in [-0.2, 0) is 17.9 Å². The number of nitrogens with one attached hydrogen (secondary N) is 1. The van der Waals surface area contributed by atoms with Crippen LogP contribution in [0.4, 0.5) is 11.5 Å². The highest BCUT2D eigenvalue weighted by Gasteiger charge is 2.25. The summed E-state index contributed by atoms with van der Waals surface area (Å²) in [6.45, 7) is 6.40. The number of anilines is 2. The molecule has 3 aromatic rings. The Morgan fingerprint density at radius 3 is 2.63 bits per heavy atom. The number of thioether (sulfide) groups is 1. The Bertz CT molecular complexity index is 1320. The number of methoxy groups -OCH3 is 1. The van der Waals surface area contributed by atoms with Crippen molar-refractivity contribution < 1.29 is 9.53 Å². The van der Waals surface area contributed by atoms with Crippen molar-refractivity contribution in [3.63, 3.8) is 0 Å². The van der Waals surface area contributed by atoms with Gasteiger partial charge in [0.05, 0.1) is 19.4 Å². The SMILES string of the molecule is CCCCn1c(N)c(N(Cc2ccccc2OC)C(=O)CSc2cc(C)ccc2C)c(=O)[nH]c1=O. The molecular weight excluding hydrogens is 464 g/mol. The molecule has 0 unspecified atom stereocenters. The van der Waals surface area contributed by atoms with Gasteiger partial charge in [-0.25, -0.2) is 4.79 Å². The minimum absolute atomic E-state index is 0.0211. The second-order valence-corrected chi connectivity index (χ2v) is 9.36. The first-order valence-electron chi connectivity index (χ1n) is 11.5. The molecule has 0 fully saturated rings. The fourth-order valence-electron chi connectivity index (χ4n) is 3.75. The molecule has 1 amide bonds. The molecule has 186 valence electrons. The Morgan fingerprint density at radius 2 is 1.91 bits per heavy atom. The fourth-order valence-corrected chi connectivity index (χ4v) is 4.75. The minimum atomic E-state index is -0.694. The molecule has 2 aromatic carbocycles. The fraction of sp³-hybridized carbons (Fsp3) is 0.346. The average molecular weight is 497 g/mol. The highest BCUT2D eigenvalue weighted by atomic mass is 32.2. The van der Waals surface area contributed by atoms with Gasteiger partial charge >= 0.3 is 5.69 Å². The lowest BCUT2D eigenvalue weighted by Gasteiger charge is -2.25. The van der Waals surface area contributed by atoms with E-state index >= 15 is 0 Å². The third-order valence-electron chi connectivity index (χ3n) is 5.74. The van der Waals surface area contributed by atoms with Crippen molar-refractivity contribution in [3.8, 4) is 5.75 Å². The molecule has 35 heavy (non-hydrogen) atoms. The van der Waals surface area contributed by atoms with Gasteiger partial charge in [0, 0.05) is 17.0 Å². The standard InChI is InChI=1S/C26H32N4O4S/c1-5-6-13-29-24(27)23(25(32)28-26(29)33)30(15-19-9-7-8-10-20(19)34-4)22(31)16-35-21-14-17(2)11-12-18(21)3/h7-12,14H,5-6,13,15-16,27H2,1-4H3,(H,28,32,33). The van der Waals surface area contributed by atoms with Crippen LogP contribution >= 0.6 is 11.8 Å². The van der Waals surface area contributed by atoms with Crippen molar-refractivity contribution in [2.24, 2.45) is 0 Å². The van der Waals surface area contributed by atoms with Crippen LogP contribution in [0.25, 0.3) is 0 Å². The molecule has 0 atom stereocenters. The van der Waals surface area contributed by atoms with E-state index in [1.807, 2.05) is 57.2 Å². The van der Waals surface area contributed by atoms with Crippen LogP contribution in [0.3, 0.4) is 0 Å².